The van der Waals surface area contributed by atoms with E-state index in [4.69, 9.17) is 5.73 Å². The second-order valence-electron chi connectivity index (χ2n) is 6.45. The summed E-state index contributed by atoms with van der Waals surface area (Å²) in [6.45, 7) is 0.390. The summed E-state index contributed by atoms with van der Waals surface area (Å²) in [6, 6.07) is 15.9. The van der Waals surface area contributed by atoms with Gasteiger partial charge in [-0.2, -0.15) is 0 Å². The average Bonchev–Trinajstić information content (AvgIpc) is 3.47. The number of nitrogens with two attached hydrogens (primary N) is 1. The average molecular weight is 338 g/mol. The molecule has 1 fully saturated rings. The Kier molecular flexibility index (Phi) is 5.14. The molecule has 1 aliphatic carbocycles. The van der Waals surface area contributed by atoms with Gasteiger partial charge in [-0.15, -0.1) is 0 Å². The maximum Gasteiger partial charge on any atom is 0.254 e. The van der Waals surface area contributed by atoms with E-state index < -0.39 is 5.91 Å². The lowest BCUT2D eigenvalue weighted by Crippen LogP contribution is -2.43. The van der Waals surface area contributed by atoms with Crippen LogP contribution in [0.15, 0.2) is 54.6 Å². The summed E-state index contributed by atoms with van der Waals surface area (Å²) in [5.74, 6) is -0.320. The van der Waals surface area contributed by atoms with Crippen LogP contribution < -0.4 is 5.73 Å². The Hall–Kier alpha value is -2.66. The molecule has 2 aromatic rings. The molecule has 0 aliphatic heterocycles. The van der Waals surface area contributed by atoms with Gasteiger partial charge in [-0.25, -0.2) is 0 Å². The summed E-state index contributed by atoms with van der Waals surface area (Å²) in [5.41, 5.74) is 7.12. The second kappa shape index (κ2) is 7.49. The maximum absolute atomic E-state index is 13.1. The maximum atomic E-state index is 13.1. The van der Waals surface area contributed by atoms with Crippen LogP contribution in [0, 0.1) is 5.92 Å². The lowest BCUT2D eigenvalue weighted by atomic mass is 10.1. The molecule has 0 aromatic heterocycles. The smallest absolute Gasteiger partial charge is 0.254 e. The number of hydrogen-bond donors (Lipinski definition) is 2. The molecule has 3 N–H and O–H groups in total. The fourth-order valence-corrected chi connectivity index (χ4v) is 3.05. The third-order valence-corrected chi connectivity index (χ3v) is 4.63. The van der Waals surface area contributed by atoms with Gasteiger partial charge in [-0.1, -0.05) is 30.3 Å². The zero-order chi connectivity index (χ0) is 17.8. The molecule has 0 saturated heterocycles. The van der Waals surface area contributed by atoms with Crippen LogP contribution >= 0.6 is 0 Å². The van der Waals surface area contributed by atoms with Gasteiger partial charge in [0.05, 0.1) is 12.6 Å². The van der Waals surface area contributed by atoms with Crippen molar-refractivity contribution in [1.82, 2.24) is 4.90 Å². The van der Waals surface area contributed by atoms with Crippen molar-refractivity contribution in [2.75, 3.05) is 6.61 Å². The summed E-state index contributed by atoms with van der Waals surface area (Å²) < 4.78 is 0. The molecule has 1 unspecified atom stereocenters. The third-order valence-electron chi connectivity index (χ3n) is 4.63. The van der Waals surface area contributed by atoms with Crippen molar-refractivity contribution in [3.63, 3.8) is 0 Å². The molecular weight excluding hydrogens is 316 g/mol. The number of nitrogens with zero attached hydrogens (tertiary/aromatic N) is 1. The van der Waals surface area contributed by atoms with Crippen LogP contribution in [0.3, 0.4) is 0 Å². The summed E-state index contributed by atoms with van der Waals surface area (Å²) >= 11 is 0. The molecule has 1 atom stereocenters. The van der Waals surface area contributed by atoms with Crippen molar-refractivity contribution in [2.45, 2.75) is 25.4 Å². The van der Waals surface area contributed by atoms with E-state index in [0.717, 1.165) is 18.4 Å². The van der Waals surface area contributed by atoms with E-state index >= 15 is 0 Å². The molecule has 0 heterocycles. The number of carbonyl (C=O) groups excluding carboxylic acids is 2. The molecule has 130 valence electrons. The Morgan fingerprint density at radius 1 is 1.04 bits per heavy atom. The minimum Gasteiger partial charge on any atom is -0.394 e. The third kappa shape index (κ3) is 4.06. The highest BCUT2D eigenvalue weighted by atomic mass is 16.3. The number of benzene rings is 2. The summed E-state index contributed by atoms with van der Waals surface area (Å²) in [7, 11) is 0. The lowest BCUT2D eigenvalue weighted by molar-refractivity contribution is 0.0531. The Labute approximate surface area is 147 Å². The van der Waals surface area contributed by atoms with Crippen molar-refractivity contribution in [2.24, 2.45) is 11.7 Å². The van der Waals surface area contributed by atoms with E-state index in [0.29, 0.717) is 23.6 Å². The van der Waals surface area contributed by atoms with Crippen LogP contribution in [0.25, 0.3) is 0 Å². The van der Waals surface area contributed by atoms with Gasteiger partial charge in [0.2, 0.25) is 5.91 Å². The second-order valence-corrected chi connectivity index (χ2v) is 6.45. The zero-order valence-corrected chi connectivity index (χ0v) is 14.0. The number of amides is 2. The standard InChI is InChI=1S/C20H22N2O3/c21-19(24)16-8-10-17(11-9-16)20(25)22(18(13-23)15-6-7-15)12-14-4-2-1-3-5-14/h1-5,8-11,15,18,23H,6-7,12-13H2,(H2,21,24). The van der Waals surface area contributed by atoms with Gasteiger partial charge in [-0.05, 0) is 48.6 Å². The molecule has 1 saturated carbocycles. The monoisotopic (exact) mass is 338 g/mol. The van der Waals surface area contributed by atoms with Gasteiger partial charge in [0, 0.05) is 17.7 Å². The van der Waals surface area contributed by atoms with Crippen LogP contribution in [-0.2, 0) is 6.54 Å². The van der Waals surface area contributed by atoms with Gasteiger partial charge in [0.1, 0.15) is 0 Å². The SMILES string of the molecule is NC(=O)c1ccc(C(=O)N(Cc2ccccc2)C(CO)C2CC2)cc1. The van der Waals surface area contributed by atoms with Crippen molar-refractivity contribution in [3.8, 4) is 0 Å². The number of aliphatic hydroxyl groups excluding tert-OH is 1. The molecule has 5 heteroatoms. The summed E-state index contributed by atoms with van der Waals surface area (Å²) in [6.07, 6.45) is 2.06. The molecule has 0 spiro atoms. The first-order valence-electron chi connectivity index (χ1n) is 8.45. The van der Waals surface area contributed by atoms with Gasteiger partial charge in [0.15, 0.2) is 0 Å². The van der Waals surface area contributed by atoms with Gasteiger partial charge < -0.3 is 15.7 Å². The fourth-order valence-electron chi connectivity index (χ4n) is 3.05. The first-order chi connectivity index (χ1) is 12.1. The molecule has 0 radical (unpaired) electrons. The topological polar surface area (TPSA) is 83.6 Å². The number of aliphatic hydroxyl groups is 1. The van der Waals surface area contributed by atoms with Crippen LogP contribution in [0.2, 0.25) is 0 Å². The summed E-state index contributed by atoms with van der Waals surface area (Å²) in [4.78, 5) is 26.0. The van der Waals surface area contributed by atoms with E-state index in [1.807, 2.05) is 30.3 Å². The Morgan fingerprint density at radius 2 is 1.64 bits per heavy atom. The van der Waals surface area contributed by atoms with E-state index in [-0.39, 0.29) is 18.6 Å². The van der Waals surface area contributed by atoms with E-state index in [9.17, 15) is 14.7 Å². The first-order valence-corrected chi connectivity index (χ1v) is 8.45. The Bertz CT molecular complexity index is 739. The molecule has 0 bridgehead atoms. The quantitative estimate of drug-likeness (QED) is 0.812. The van der Waals surface area contributed by atoms with Gasteiger partial charge in [0.25, 0.3) is 5.91 Å². The molecular formula is C20H22N2O3. The Balaban J connectivity index is 1.86. The molecule has 25 heavy (non-hydrogen) atoms. The van der Waals surface area contributed by atoms with Gasteiger partial charge in [-0.3, -0.25) is 9.59 Å². The van der Waals surface area contributed by atoms with E-state index in [2.05, 4.69) is 0 Å². The van der Waals surface area contributed by atoms with Crippen LogP contribution in [0.5, 0.6) is 0 Å². The largest absolute Gasteiger partial charge is 0.394 e. The van der Waals surface area contributed by atoms with Crippen LogP contribution in [0.4, 0.5) is 0 Å². The van der Waals surface area contributed by atoms with Crippen LogP contribution in [0.1, 0.15) is 39.1 Å². The van der Waals surface area contributed by atoms with Crippen molar-refractivity contribution in [3.05, 3.63) is 71.3 Å². The molecule has 5 nitrogen and oxygen atoms in total. The highest BCUT2D eigenvalue weighted by Gasteiger charge is 2.37. The predicted octanol–water partition coefficient (Wildman–Crippen LogP) is 2.20. The van der Waals surface area contributed by atoms with Gasteiger partial charge >= 0.3 is 0 Å². The number of hydrogen-bond acceptors (Lipinski definition) is 3. The highest BCUT2D eigenvalue weighted by Crippen LogP contribution is 2.36. The molecule has 2 amide bonds. The lowest BCUT2D eigenvalue weighted by Gasteiger charge is -2.31. The minimum atomic E-state index is -0.522. The predicted molar refractivity (Wildman–Crippen MR) is 94.9 cm³/mol. The number of rotatable bonds is 7. The van der Waals surface area contributed by atoms with Crippen molar-refractivity contribution < 1.29 is 14.7 Å². The van der Waals surface area contributed by atoms with E-state index in [1.54, 1.807) is 29.2 Å². The fraction of sp³-hybridized carbons (Fsp3) is 0.300. The molecule has 1 aliphatic rings. The van der Waals surface area contributed by atoms with Crippen molar-refractivity contribution >= 4 is 11.8 Å². The first kappa shape index (κ1) is 17.2. The number of primary amides is 1. The van der Waals surface area contributed by atoms with Crippen LogP contribution in [-0.4, -0.2) is 34.5 Å². The van der Waals surface area contributed by atoms with E-state index in [1.165, 1.54) is 0 Å². The zero-order valence-electron chi connectivity index (χ0n) is 14.0. The molecule has 3 rings (SSSR count). The normalized spacial score (nSPS) is 14.8. The molecule has 2 aromatic carbocycles. The minimum absolute atomic E-state index is 0.0530. The number of carbonyl (C=O) groups is 2. The highest BCUT2D eigenvalue weighted by molar-refractivity contribution is 5.97. The van der Waals surface area contributed by atoms with Crippen molar-refractivity contribution in [1.29, 1.82) is 0 Å². The Morgan fingerprint density at radius 3 is 2.16 bits per heavy atom. The summed E-state index contributed by atoms with van der Waals surface area (Å²) in [5, 5.41) is 9.84.